The van der Waals surface area contributed by atoms with Gasteiger partial charge in [0, 0.05) is 25.7 Å². The molecule has 5 atom stereocenters. The Balaban J connectivity index is 5.22. The number of rotatable bonds is 73. The summed E-state index contributed by atoms with van der Waals surface area (Å²) in [5.74, 6) is -0.644. The van der Waals surface area contributed by atoms with Gasteiger partial charge in [-0.1, -0.05) is 330 Å². The van der Waals surface area contributed by atoms with Crippen LogP contribution in [-0.2, 0) is 65.4 Å². The lowest BCUT2D eigenvalue weighted by Crippen LogP contribution is -2.30. The van der Waals surface area contributed by atoms with E-state index in [9.17, 15) is 43.2 Å². The van der Waals surface area contributed by atoms with E-state index in [0.717, 1.165) is 102 Å². The molecule has 0 saturated carbocycles. The zero-order valence-corrected chi connectivity index (χ0v) is 62.3. The van der Waals surface area contributed by atoms with Crippen LogP contribution in [0.4, 0.5) is 0 Å². The minimum Gasteiger partial charge on any atom is -0.462 e. The lowest BCUT2D eigenvalue weighted by molar-refractivity contribution is -0.161. The van der Waals surface area contributed by atoms with Crippen LogP contribution in [0, 0.1) is 11.8 Å². The predicted molar refractivity (Wildman–Crippen MR) is 377 cm³/mol. The summed E-state index contributed by atoms with van der Waals surface area (Å²) in [4.78, 5) is 72.7. The number of phosphoric acid groups is 2. The van der Waals surface area contributed by atoms with E-state index in [1.807, 2.05) is 0 Å². The number of phosphoric ester groups is 2. The standard InChI is InChI=1S/C74H144O17P2/c1-7-9-11-13-15-17-19-20-21-22-23-24-25-26-27-33-40-46-52-58-73(78)90-69(62-85-72(77)57-51-45-39-32-29-28-30-36-42-48-54-66(3)4)64-88-92(80,81)86-60-68(75)61-87-93(82,83)89-65-70(63-84-71(76)56-50-44-38-31-18-16-14-12-10-8-2)91-74(79)59-53-47-41-35-34-37-43-49-55-67(5)6/h66-70,75H,7-65H2,1-6H3,(H,80,81)(H,82,83)/t68-,69-,70-/m1/s1. The molecule has 0 aliphatic carbocycles. The number of hydrogen-bond acceptors (Lipinski definition) is 15. The van der Waals surface area contributed by atoms with Crippen LogP contribution in [0.1, 0.15) is 382 Å². The van der Waals surface area contributed by atoms with Crippen molar-refractivity contribution in [2.24, 2.45) is 11.8 Å². The van der Waals surface area contributed by atoms with Crippen molar-refractivity contribution in [2.45, 2.75) is 400 Å². The summed E-state index contributed by atoms with van der Waals surface area (Å²) in [6, 6.07) is 0. The number of carbonyl (C=O) groups excluding carboxylic acids is 4. The molecule has 0 radical (unpaired) electrons. The van der Waals surface area contributed by atoms with Crippen molar-refractivity contribution in [3.63, 3.8) is 0 Å². The van der Waals surface area contributed by atoms with Crippen LogP contribution in [0.15, 0.2) is 0 Å². The van der Waals surface area contributed by atoms with Gasteiger partial charge in [-0.25, -0.2) is 9.13 Å². The first-order valence-electron chi connectivity index (χ1n) is 38.5. The van der Waals surface area contributed by atoms with Crippen molar-refractivity contribution in [1.29, 1.82) is 0 Å². The molecular formula is C74H144O17P2. The average molecular weight is 1370 g/mol. The largest absolute Gasteiger partial charge is 0.472 e. The van der Waals surface area contributed by atoms with Gasteiger partial charge in [-0.05, 0) is 37.5 Å². The molecule has 93 heavy (non-hydrogen) atoms. The summed E-state index contributed by atoms with van der Waals surface area (Å²) < 4.78 is 68.4. The summed E-state index contributed by atoms with van der Waals surface area (Å²) in [6.07, 6.45) is 52.8. The third kappa shape index (κ3) is 68.4. The predicted octanol–water partition coefficient (Wildman–Crippen LogP) is 21.6. The Morgan fingerprint density at radius 1 is 0.290 bits per heavy atom. The molecule has 3 N–H and O–H groups in total. The van der Waals surface area contributed by atoms with Crippen molar-refractivity contribution < 1.29 is 80.2 Å². The molecule has 0 aromatic rings. The van der Waals surface area contributed by atoms with Crippen molar-refractivity contribution in [3.05, 3.63) is 0 Å². The monoisotopic (exact) mass is 1370 g/mol. The highest BCUT2D eigenvalue weighted by Crippen LogP contribution is 2.45. The van der Waals surface area contributed by atoms with Crippen LogP contribution in [0.25, 0.3) is 0 Å². The smallest absolute Gasteiger partial charge is 0.462 e. The first kappa shape index (κ1) is 91.1. The summed E-state index contributed by atoms with van der Waals surface area (Å²) in [5.41, 5.74) is 0. The first-order chi connectivity index (χ1) is 44.9. The number of carbonyl (C=O) groups is 4. The summed E-state index contributed by atoms with van der Waals surface area (Å²) >= 11 is 0. The molecule has 0 aromatic heterocycles. The zero-order chi connectivity index (χ0) is 68.6. The topological polar surface area (TPSA) is 237 Å². The van der Waals surface area contributed by atoms with E-state index in [2.05, 4.69) is 41.5 Å². The normalized spacial score (nSPS) is 14.1. The van der Waals surface area contributed by atoms with Gasteiger partial charge < -0.3 is 33.8 Å². The Kier molecular flexibility index (Phi) is 64.6. The molecule has 19 heteroatoms. The van der Waals surface area contributed by atoms with E-state index < -0.39 is 97.5 Å². The molecule has 0 aliphatic rings. The van der Waals surface area contributed by atoms with Crippen molar-refractivity contribution in [2.75, 3.05) is 39.6 Å². The maximum atomic E-state index is 13.1. The van der Waals surface area contributed by atoms with E-state index in [-0.39, 0.29) is 25.7 Å². The molecule has 0 fully saturated rings. The molecule has 0 amide bonds. The van der Waals surface area contributed by atoms with E-state index in [1.165, 1.54) is 199 Å². The van der Waals surface area contributed by atoms with E-state index >= 15 is 0 Å². The van der Waals surface area contributed by atoms with Gasteiger partial charge in [0.2, 0.25) is 0 Å². The van der Waals surface area contributed by atoms with Crippen LogP contribution < -0.4 is 0 Å². The molecule has 0 saturated heterocycles. The van der Waals surface area contributed by atoms with Crippen LogP contribution in [0.2, 0.25) is 0 Å². The maximum Gasteiger partial charge on any atom is 0.472 e. The second-order valence-corrected chi connectivity index (χ2v) is 30.5. The number of esters is 4. The Morgan fingerprint density at radius 3 is 0.731 bits per heavy atom. The average Bonchev–Trinajstić information content (AvgIpc) is 3.06. The molecule has 17 nitrogen and oxygen atoms in total. The number of aliphatic hydroxyl groups excluding tert-OH is 1. The highest BCUT2D eigenvalue weighted by molar-refractivity contribution is 7.47. The highest BCUT2D eigenvalue weighted by Gasteiger charge is 2.30. The van der Waals surface area contributed by atoms with Gasteiger partial charge in [-0.3, -0.25) is 37.3 Å². The SMILES string of the molecule is CCCCCCCCCCCCCCCCCCCCCC(=O)O[C@H](COC(=O)CCCCCCCCCCCCC(C)C)COP(=O)(O)OC[C@@H](O)COP(=O)(O)OC[C@@H](COC(=O)CCCCCCCCCCCC)OC(=O)CCCCCCCCCCC(C)C. The molecular weight excluding hydrogens is 1220 g/mol. The number of ether oxygens (including phenoxy) is 4. The molecule has 0 aliphatic heterocycles. The molecule has 0 spiro atoms. The fourth-order valence-corrected chi connectivity index (χ4v) is 12.9. The van der Waals surface area contributed by atoms with Gasteiger partial charge in [0.05, 0.1) is 26.4 Å². The minimum atomic E-state index is -4.96. The van der Waals surface area contributed by atoms with E-state index in [0.29, 0.717) is 25.7 Å². The van der Waals surface area contributed by atoms with Crippen molar-refractivity contribution >= 4 is 39.5 Å². The van der Waals surface area contributed by atoms with Crippen molar-refractivity contribution in [3.8, 4) is 0 Å². The number of unbranched alkanes of at least 4 members (excludes halogenated alkanes) is 43. The quantitative estimate of drug-likeness (QED) is 0.0222. The molecule has 0 bridgehead atoms. The number of aliphatic hydroxyl groups is 1. The van der Waals surface area contributed by atoms with Crippen molar-refractivity contribution in [1.82, 2.24) is 0 Å². The van der Waals surface area contributed by atoms with Crippen LogP contribution in [0.5, 0.6) is 0 Å². The van der Waals surface area contributed by atoms with Gasteiger partial charge in [-0.15, -0.1) is 0 Å². The van der Waals surface area contributed by atoms with Crippen LogP contribution >= 0.6 is 15.6 Å². The number of hydrogen-bond donors (Lipinski definition) is 3. The lowest BCUT2D eigenvalue weighted by Gasteiger charge is -2.21. The Hall–Kier alpha value is -1.94. The van der Waals surface area contributed by atoms with E-state index in [1.54, 1.807) is 0 Å². The summed E-state index contributed by atoms with van der Waals surface area (Å²) in [7, 11) is -9.91. The van der Waals surface area contributed by atoms with Gasteiger partial charge >= 0.3 is 39.5 Å². The second kappa shape index (κ2) is 66.0. The molecule has 552 valence electrons. The highest BCUT2D eigenvalue weighted by atomic mass is 31.2. The lowest BCUT2D eigenvalue weighted by atomic mass is 10.0. The molecule has 2 unspecified atom stereocenters. The second-order valence-electron chi connectivity index (χ2n) is 27.6. The summed E-state index contributed by atoms with van der Waals surface area (Å²) in [5, 5.41) is 10.6. The van der Waals surface area contributed by atoms with E-state index in [4.69, 9.17) is 37.0 Å². The molecule has 0 aromatic carbocycles. The Morgan fingerprint density at radius 2 is 0.495 bits per heavy atom. The molecule has 0 rings (SSSR count). The van der Waals surface area contributed by atoms with Gasteiger partial charge in [0.15, 0.2) is 12.2 Å². The Bertz CT molecular complexity index is 1800. The third-order valence-electron chi connectivity index (χ3n) is 17.2. The summed E-state index contributed by atoms with van der Waals surface area (Å²) in [6.45, 7) is 9.52. The fourth-order valence-electron chi connectivity index (χ4n) is 11.3. The third-order valence-corrected chi connectivity index (χ3v) is 19.1. The van der Waals surface area contributed by atoms with Gasteiger partial charge in [-0.2, -0.15) is 0 Å². The van der Waals surface area contributed by atoms with Crippen LogP contribution in [0.3, 0.4) is 0 Å². The van der Waals surface area contributed by atoms with Crippen LogP contribution in [-0.4, -0.2) is 96.7 Å². The van der Waals surface area contributed by atoms with Gasteiger partial charge in [0.1, 0.15) is 19.3 Å². The van der Waals surface area contributed by atoms with Gasteiger partial charge in [0.25, 0.3) is 0 Å². The maximum absolute atomic E-state index is 13.1. The first-order valence-corrected chi connectivity index (χ1v) is 41.5. The Labute approximate surface area is 568 Å². The fraction of sp³-hybridized carbons (Fsp3) is 0.946. The molecule has 0 heterocycles. The minimum absolute atomic E-state index is 0.105. The zero-order valence-electron chi connectivity index (χ0n) is 60.6.